The summed E-state index contributed by atoms with van der Waals surface area (Å²) in [4.78, 5) is 73.5. The minimum Gasteiger partial charge on any atom is -0.324 e. The van der Waals surface area contributed by atoms with Gasteiger partial charge in [0, 0.05) is 107 Å². The van der Waals surface area contributed by atoms with Gasteiger partial charge in [-0.3, -0.25) is 0 Å². The van der Waals surface area contributed by atoms with Crippen LogP contribution in [0.3, 0.4) is 0 Å². The molecule has 0 fully saturated rings. The first-order valence-corrected chi connectivity index (χ1v) is 26.0. The number of H-pyrrole nitrogens is 4. The molecule has 0 unspecified atom stereocenters. The van der Waals surface area contributed by atoms with E-state index in [4.69, 9.17) is 59.8 Å². The second-order valence-corrected chi connectivity index (χ2v) is 19.6. The van der Waals surface area contributed by atoms with Crippen LogP contribution in [-0.4, -0.2) is 117 Å². The van der Waals surface area contributed by atoms with Crippen molar-refractivity contribution in [2.24, 2.45) is 0 Å². The molecule has 4 aliphatic rings. The summed E-state index contributed by atoms with van der Waals surface area (Å²) in [6, 6.07) is 64.5. The maximum Gasteiger partial charge on any atom is 0.164 e. The molecule has 4 aliphatic heterocycles. The fourth-order valence-electron chi connectivity index (χ4n) is 11.2. The van der Waals surface area contributed by atoms with E-state index in [2.05, 4.69) is 19.9 Å². The van der Waals surface area contributed by atoms with E-state index in [1.165, 1.54) is 0 Å². The van der Waals surface area contributed by atoms with E-state index in [0.29, 0.717) is 91.8 Å². The third-order valence-corrected chi connectivity index (χ3v) is 14.9. The van der Waals surface area contributed by atoms with E-state index in [-0.39, 0.29) is 57.2 Å². The number of aromatic amines is 4. The minimum atomic E-state index is 0. The summed E-state index contributed by atoms with van der Waals surface area (Å²) in [5.74, 6) is 4.78. The van der Waals surface area contributed by atoms with Crippen LogP contribution in [0.25, 0.3) is 179 Å². The molecule has 18 rings (SSSR count). The molecule has 4 N–H and O–H groups in total. The Kier molecular flexibility index (Phi) is 11.8. The zero-order valence-electron chi connectivity index (χ0n) is 42.5. The molecule has 18 heteroatoms. The molecule has 0 saturated heterocycles. The van der Waals surface area contributed by atoms with Crippen LogP contribution in [0.2, 0.25) is 0 Å². The molecule has 0 amide bonds. The first-order valence-electron chi connectivity index (χ1n) is 26.0. The largest absolute Gasteiger partial charge is 0.324 e. The zero-order valence-corrected chi connectivity index (χ0v) is 45.5. The number of fused-ring (bicyclic) bond motifs is 40. The molecule has 10 heterocycles. The van der Waals surface area contributed by atoms with E-state index < -0.39 is 0 Å². The van der Waals surface area contributed by atoms with Gasteiger partial charge in [-0.05, 0) is 0 Å². The molecular formula is C64H38CaN16Zn. The quantitative estimate of drug-likeness (QED) is 0.104. The van der Waals surface area contributed by atoms with Crippen LogP contribution in [0.5, 0.6) is 0 Å². The standard InChI is InChI=1S/2C32H18N8.Ca.Zn.2H/c2*1-2-10-18-17(9-1)25-33-26(18)38-28-21-13-5-6-14-22(21)30(35-28)40-32-24-16-8-7-15-23(24)31(36-32)39-29-20-12-4-3-11-19(20)27(34-29)37-25;;;;/h2*1-16H,(H2,33,34,35,36,37,38,39,40);;;;. The average Bonchev–Trinajstić information content (AvgIpc) is 4.59. The fourth-order valence-corrected chi connectivity index (χ4v) is 11.2. The Morgan fingerprint density at radius 3 is 0.427 bits per heavy atom. The van der Waals surface area contributed by atoms with Crippen molar-refractivity contribution in [2.45, 2.75) is 0 Å². The summed E-state index contributed by atoms with van der Waals surface area (Å²) in [6.07, 6.45) is 0. The Hall–Kier alpha value is -9.64. The molecule has 16 bridgehead atoms. The van der Waals surface area contributed by atoms with E-state index in [1.807, 2.05) is 194 Å². The molecule has 0 radical (unpaired) electrons. The summed E-state index contributed by atoms with van der Waals surface area (Å²) in [5.41, 5.74) is 12.9. The van der Waals surface area contributed by atoms with Crippen molar-refractivity contribution in [3.8, 4) is 91.1 Å². The molecule has 0 saturated carbocycles. The van der Waals surface area contributed by atoms with Gasteiger partial charge in [0.05, 0.1) is 0 Å². The zero-order chi connectivity index (χ0) is 52.4. The van der Waals surface area contributed by atoms with Crippen LogP contribution in [-0.2, 0) is 19.5 Å². The molecule has 6 aromatic heterocycles. The Bertz CT molecular complexity index is 4400. The van der Waals surface area contributed by atoms with E-state index in [1.54, 1.807) is 0 Å². The predicted octanol–water partition coefficient (Wildman–Crippen LogP) is 12.8. The molecule has 8 aromatic carbocycles. The number of hydrogen-bond acceptors (Lipinski definition) is 12. The van der Waals surface area contributed by atoms with Crippen LogP contribution in [0, 0.1) is 0 Å². The van der Waals surface area contributed by atoms with Crippen LogP contribution in [0.1, 0.15) is 0 Å². The Labute approximate surface area is 506 Å². The number of nitrogens with zero attached hydrogens (tertiary/aromatic N) is 12. The molecular weight excluding hydrogens is 1100 g/mol. The molecule has 14 aromatic rings. The second kappa shape index (κ2) is 19.6. The minimum absolute atomic E-state index is 0. The van der Waals surface area contributed by atoms with Gasteiger partial charge in [0.2, 0.25) is 0 Å². The van der Waals surface area contributed by atoms with Crippen molar-refractivity contribution in [1.29, 1.82) is 0 Å². The number of aromatic nitrogens is 16. The molecule has 0 spiro atoms. The van der Waals surface area contributed by atoms with Gasteiger partial charge in [-0.15, -0.1) is 0 Å². The number of benzene rings is 8. The average molecular weight is 1140 g/mol. The van der Waals surface area contributed by atoms with Gasteiger partial charge in [-0.2, -0.15) is 0 Å². The van der Waals surface area contributed by atoms with E-state index >= 15 is 0 Å². The van der Waals surface area contributed by atoms with Gasteiger partial charge in [0.15, 0.2) is 46.6 Å². The third kappa shape index (κ3) is 7.95. The number of nitrogens with one attached hydrogen (secondary N) is 4. The van der Waals surface area contributed by atoms with Crippen molar-refractivity contribution in [2.75, 3.05) is 0 Å². The molecule has 0 aliphatic carbocycles. The summed E-state index contributed by atoms with van der Waals surface area (Å²) in [6.45, 7) is 0. The predicted molar refractivity (Wildman–Crippen MR) is 321 cm³/mol. The van der Waals surface area contributed by atoms with Crippen LogP contribution in [0.15, 0.2) is 194 Å². The topological polar surface area (TPSA) is 218 Å². The van der Waals surface area contributed by atoms with Crippen LogP contribution in [0.4, 0.5) is 0 Å². The monoisotopic (exact) mass is 1130 g/mol. The van der Waals surface area contributed by atoms with Crippen molar-refractivity contribution in [3.05, 3.63) is 194 Å². The van der Waals surface area contributed by atoms with Crippen molar-refractivity contribution >= 4 is 126 Å². The third-order valence-electron chi connectivity index (χ3n) is 14.9. The van der Waals surface area contributed by atoms with Gasteiger partial charge >= 0.3 is 37.7 Å². The van der Waals surface area contributed by atoms with Gasteiger partial charge in [0.25, 0.3) is 0 Å². The van der Waals surface area contributed by atoms with Crippen molar-refractivity contribution in [3.63, 3.8) is 0 Å². The second-order valence-electron chi connectivity index (χ2n) is 19.6. The van der Waals surface area contributed by atoms with Crippen molar-refractivity contribution < 1.29 is 19.5 Å². The summed E-state index contributed by atoms with van der Waals surface area (Å²) >= 11 is 0. The van der Waals surface area contributed by atoms with Crippen molar-refractivity contribution in [1.82, 2.24) is 79.7 Å². The smallest absolute Gasteiger partial charge is 0.164 e. The normalized spacial score (nSPS) is 11.7. The number of rotatable bonds is 0. The van der Waals surface area contributed by atoms with Gasteiger partial charge in [0.1, 0.15) is 45.2 Å². The maximum absolute atomic E-state index is 5.02. The maximum atomic E-state index is 5.02. The molecule has 82 heavy (non-hydrogen) atoms. The van der Waals surface area contributed by atoms with Gasteiger partial charge in [-0.25, -0.2) is 59.8 Å². The Balaban J connectivity index is 0.000000137. The Morgan fingerprint density at radius 1 is 0.171 bits per heavy atom. The van der Waals surface area contributed by atoms with E-state index in [9.17, 15) is 0 Å². The van der Waals surface area contributed by atoms with Gasteiger partial charge in [-0.1, -0.05) is 194 Å². The summed E-state index contributed by atoms with van der Waals surface area (Å²) < 4.78 is 0. The van der Waals surface area contributed by atoms with Crippen LogP contribution >= 0.6 is 0 Å². The number of hydrogen-bond donors (Lipinski definition) is 4. The summed E-state index contributed by atoms with van der Waals surface area (Å²) in [7, 11) is 0. The molecule has 378 valence electrons. The van der Waals surface area contributed by atoms with E-state index in [0.717, 1.165) is 87.6 Å². The molecule has 0 atom stereocenters. The van der Waals surface area contributed by atoms with Gasteiger partial charge < -0.3 is 19.9 Å². The summed E-state index contributed by atoms with van der Waals surface area (Å²) in [5, 5.41) is 7.64. The first-order chi connectivity index (χ1) is 39.6. The fraction of sp³-hybridized carbons (Fsp3) is 0. The van der Waals surface area contributed by atoms with Crippen LogP contribution < -0.4 is 0 Å². The Morgan fingerprint density at radius 2 is 0.293 bits per heavy atom. The first kappa shape index (κ1) is 49.4. The SMILES string of the molecule is [CaH2].[Zn].c1ccc2c(c1)-c1nc-2nc2[nH]c(nc3nc(nc4[nH]c(n1)c1ccccc41)-c1ccccc1-3)c1ccccc21.c1ccc2c(c1)-c1nc-2nc2[nH]c(nc3nc(nc4[nH]c(n1)c1ccccc41)-c1ccccc1-3)c1ccccc21. The molecule has 16 nitrogen and oxygen atoms in total.